The van der Waals surface area contributed by atoms with Crippen LogP contribution in [-0.2, 0) is 0 Å². The third kappa shape index (κ3) is 3.79. The van der Waals surface area contributed by atoms with Crippen LogP contribution in [0.4, 0.5) is 17.1 Å². The number of fused-ring (bicyclic) bond motifs is 7. The standard InChI is InChI=1S/C40H25NOS/c1-2-15-29-26(11-1)12-8-18-30(29)27-13-7-14-28(25-27)41(33-19-9-22-36-39(33)31-16-3-5-21-35(31)42-36)34-20-10-24-38-40(34)32-17-4-6-23-37(32)43-38/h1-25H. The number of nitrogens with zero attached hydrogens (tertiary/aromatic N) is 1. The summed E-state index contributed by atoms with van der Waals surface area (Å²) < 4.78 is 8.94. The molecule has 2 heterocycles. The van der Waals surface area contributed by atoms with Crippen LogP contribution >= 0.6 is 11.3 Å². The number of para-hydroxylation sites is 1. The van der Waals surface area contributed by atoms with Crippen LogP contribution in [0.5, 0.6) is 0 Å². The molecule has 2 aromatic heterocycles. The van der Waals surface area contributed by atoms with Crippen molar-refractivity contribution in [2.75, 3.05) is 4.90 Å². The van der Waals surface area contributed by atoms with E-state index in [4.69, 9.17) is 4.42 Å². The van der Waals surface area contributed by atoms with Gasteiger partial charge in [0.2, 0.25) is 0 Å². The molecule has 7 aromatic carbocycles. The molecule has 202 valence electrons. The summed E-state index contributed by atoms with van der Waals surface area (Å²) in [5.74, 6) is 0. The van der Waals surface area contributed by atoms with Crippen molar-refractivity contribution in [1.82, 2.24) is 0 Å². The van der Waals surface area contributed by atoms with E-state index in [1.165, 1.54) is 42.1 Å². The summed E-state index contributed by atoms with van der Waals surface area (Å²) in [4.78, 5) is 2.43. The van der Waals surface area contributed by atoms with Gasteiger partial charge >= 0.3 is 0 Å². The van der Waals surface area contributed by atoms with Crippen LogP contribution in [-0.4, -0.2) is 0 Å². The van der Waals surface area contributed by atoms with Crippen molar-refractivity contribution in [3.8, 4) is 11.1 Å². The van der Waals surface area contributed by atoms with Gasteiger partial charge in [-0.25, -0.2) is 0 Å². The summed E-state index contributed by atoms with van der Waals surface area (Å²) in [5.41, 5.74) is 7.55. The molecule has 3 heteroatoms. The smallest absolute Gasteiger partial charge is 0.137 e. The Kier molecular flexibility index (Phi) is 5.40. The van der Waals surface area contributed by atoms with Gasteiger partial charge in [0.05, 0.1) is 16.8 Å². The molecule has 0 N–H and O–H groups in total. The predicted octanol–water partition coefficient (Wildman–Crippen LogP) is 12.2. The molecule has 2 nitrogen and oxygen atoms in total. The summed E-state index contributed by atoms with van der Waals surface area (Å²) >= 11 is 1.85. The summed E-state index contributed by atoms with van der Waals surface area (Å²) in [7, 11) is 0. The van der Waals surface area contributed by atoms with Crippen LogP contribution in [0.25, 0.3) is 64.0 Å². The molecule has 0 amide bonds. The second kappa shape index (κ2) is 9.59. The normalized spacial score (nSPS) is 11.7. The lowest BCUT2D eigenvalue weighted by Gasteiger charge is -2.27. The van der Waals surface area contributed by atoms with Crippen LogP contribution in [0.15, 0.2) is 156 Å². The minimum absolute atomic E-state index is 0.885. The van der Waals surface area contributed by atoms with Crippen molar-refractivity contribution in [3.63, 3.8) is 0 Å². The highest BCUT2D eigenvalue weighted by atomic mass is 32.1. The Morgan fingerprint density at radius 3 is 2.05 bits per heavy atom. The Bertz CT molecular complexity index is 2360. The van der Waals surface area contributed by atoms with Crippen molar-refractivity contribution < 1.29 is 4.42 Å². The van der Waals surface area contributed by atoms with E-state index in [9.17, 15) is 0 Å². The lowest BCUT2D eigenvalue weighted by molar-refractivity contribution is 0.669. The van der Waals surface area contributed by atoms with Crippen LogP contribution < -0.4 is 4.90 Å². The highest BCUT2D eigenvalue weighted by Crippen LogP contribution is 2.48. The second-order valence-corrected chi connectivity index (χ2v) is 12.0. The molecule has 9 rings (SSSR count). The lowest BCUT2D eigenvalue weighted by Crippen LogP contribution is -2.11. The quantitative estimate of drug-likeness (QED) is 0.210. The average molecular weight is 568 g/mol. The second-order valence-electron chi connectivity index (χ2n) is 10.9. The summed E-state index contributed by atoms with van der Waals surface area (Å²) in [6, 6.07) is 54.3. The van der Waals surface area contributed by atoms with E-state index < -0.39 is 0 Å². The van der Waals surface area contributed by atoms with Crippen molar-refractivity contribution >= 4 is 81.3 Å². The first-order valence-corrected chi connectivity index (χ1v) is 15.3. The molecule has 0 atom stereocenters. The van der Waals surface area contributed by atoms with Gasteiger partial charge in [-0.15, -0.1) is 11.3 Å². The van der Waals surface area contributed by atoms with Crippen molar-refractivity contribution in [3.05, 3.63) is 152 Å². The first kappa shape index (κ1) is 24.2. The Balaban J connectivity index is 1.37. The number of benzene rings is 7. The van der Waals surface area contributed by atoms with Crippen LogP contribution in [0, 0.1) is 0 Å². The van der Waals surface area contributed by atoms with Crippen molar-refractivity contribution in [2.45, 2.75) is 0 Å². The fourth-order valence-corrected chi connectivity index (χ4v) is 7.71. The molecule has 0 aliphatic carbocycles. The van der Waals surface area contributed by atoms with Gasteiger partial charge in [-0.3, -0.25) is 0 Å². The SMILES string of the molecule is c1cc(-c2cccc3ccccc23)cc(N(c2cccc3oc4ccccc4c23)c2cccc3sc4ccccc4c23)c1. The van der Waals surface area contributed by atoms with E-state index in [2.05, 4.69) is 150 Å². The molecule has 0 saturated heterocycles. The molecule has 0 saturated carbocycles. The number of anilines is 3. The zero-order valence-electron chi connectivity index (χ0n) is 23.2. The Labute approximate surface area is 252 Å². The summed E-state index contributed by atoms with van der Waals surface area (Å²) in [6.07, 6.45) is 0. The topological polar surface area (TPSA) is 16.4 Å². The van der Waals surface area contributed by atoms with Gasteiger partial charge in [0.15, 0.2) is 0 Å². The molecule has 0 bridgehead atoms. The van der Waals surface area contributed by atoms with E-state index in [0.29, 0.717) is 0 Å². The van der Waals surface area contributed by atoms with E-state index in [1.807, 2.05) is 17.4 Å². The number of rotatable bonds is 4. The van der Waals surface area contributed by atoms with Gasteiger partial charge in [-0.05, 0) is 70.4 Å². The van der Waals surface area contributed by atoms with Gasteiger partial charge in [0, 0.05) is 31.2 Å². The maximum absolute atomic E-state index is 6.37. The molecule has 0 aliphatic heterocycles. The summed E-state index contributed by atoms with van der Waals surface area (Å²) in [5, 5.41) is 7.27. The monoisotopic (exact) mass is 567 g/mol. The van der Waals surface area contributed by atoms with E-state index in [1.54, 1.807) is 0 Å². The molecule has 9 aromatic rings. The number of hydrogen-bond acceptors (Lipinski definition) is 3. The largest absolute Gasteiger partial charge is 0.456 e. The Hall–Kier alpha value is -5.38. The maximum Gasteiger partial charge on any atom is 0.137 e. The maximum atomic E-state index is 6.37. The van der Waals surface area contributed by atoms with Crippen molar-refractivity contribution in [1.29, 1.82) is 0 Å². The molecule has 0 fully saturated rings. The van der Waals surface area contributed by atoms with Gasteiger partial charge in [0.25, 0.3) is 0 Å². The first-order chi connectivity index (χ1) is 21.3. The highest BCUT2D eigenvalue weighted by molar-refractivity contribution is 7.26. The van der Waals surface area contributed by atoms with Gasteiger partial charge < -0.3 is 9.32 Å². The zero-order valence-corrected chi connectivity index (χ0v) is 24.0. The highest BCUT2D eigenvalue weighted by Gasteiger charge is 2.22. The number of furan rings is 1. The van der Waals surface area contributed by atoms with Crippen LogP contribution in [0.2, 0.25) is 0 Å². The molecule has 43 heavy (non-hydrogen) atoms. The third-order valence-electron chi connectivity index (χ3n) is 8.45. The number of hydrogen-bond donors (Lipinski definition) is 0. The molecular weight excluding hydrogens is 543 g/mol. The van der Waals surface area contributed by atoms with Gasteiger partial charge in [-0.1, -0.05) is 103 Å². The van der Waals surface area contributed by atoms with Crippen LogP contribution in [0.1, 0.15) is 0 Å². The third-order valence-corrected chi connectivity index (χ3v) is 9.58. The van der Waals surface area contributed by atoms with Crippen molar-refractivity contribution in [2.24, 2.45) is 0 Å². The fourth-order valence-electron chi connectivity index (χ4n) is 6.58. The zero-order chi connectivity index (χ0) is 28.3. The first-order valence-electron chi connectivity index (χ1n) is 14.5. The van der Waals surface area contributed by atoms with Gasteiger partial charge in [0.1, 0.15) is 11.2 Å². The molecule has 0 radical (unpaired) electrons. The minimum atomic E-state index is 0.885. The minimum Gasteiger partial charge on any atom is -0.456 e. The van der Waals surface area contributed by atoms with E-state index in [0.717, 1.165) is 39.0 Å². The number of thiophene rings is 1. The Morgan fingerprint density at radius 1 is 0.465 bits per heavy atom. The average Bonchev–Trinajstić information content (AvgIpc) is 3.64. The molecular formula is C40H25NOS. The Morgan fingerprint density at radius 2 is 1.12 bits per heavy atom. The van der Waals surface area contributed by atoms with Crippen LogP contribution in [0.3, 0.4) is 0 Å². The van der Waals surface area contributed by atoms with Gasteiger partial charge in [-0.2, -0.15) is 0 Å². The van der Waals surface area contributed by atoms with E-state index in [-0.39, 0.29) is 0 Å². The lowest BCUT2D eigenvalue weighted by atomic mass is 9.97. The molecule has 0 unspecified atom stereocenters. The molecule has 0 aliphatic rings. The fraction of sp³-hybridized carbons (Fsp3) is 0. The predicted molar refractivity (Wildman–Crippen MR) is 184 cm³/mol. The summed E-state index contributed by atoms with van der Waals surface area (Å²) in [6.45, 7) is 0. The molecule has 0 spiro atoms. The van der Waals surface area contributed by atoms with E-state index >= 15 is 0 Å².